The Morgan fingerprint density at radius 2 is 2.16 bits per heavy atom. The number of rotatable bonds is 5. The summed E-state index contributed by atoms with van der Waals surface area (Å²) in [5.74, 6) is 0. The molecule has 2 bridgehead atoms. The first-order valence-corrected chi connectivity index (χ1v) is 7.72. The van der Waals surface area contributed by atoms with Gasteiger partial charge < -0.3 is 10.1 Å². The predicted octanol–water partition coefficient (Wildman–Crippen LogP) is 0.681. The fourth-order valence-corrected chi connectivity index (χ4v) is 4.15. The normalized spacial score (nSPS) is 29.9. The molecule has 0 radical (unpaired) electrons. The van der Waals surface area contributed by atoms with Gasteiger partial charge in [-0.25, -0.2) is 4.98 Å². The first-order chi connectivity index (χ1) is 9.31. The molecule has 3 aliphatic rings. The zero-order valence-electron chi connectivity index (χ0n) is 11.7. The minimum absolute atomic E-state index is 0.494. The van der Waals surface area contributed by atoms with Crippen LogP contribution < -0.4 is 5.32 Å². The number of hydrogen-bond donors (Lipinski definition) is 1. The second-order valence-corrected chi connectivity index (χ2v) is 6.35. The van der Waals surface area contributed by atoms with Crippen LogP contribution in [0.3, 0.4) is 0 Å². The summed E-state index contributed by atoms with van der Waals surface area (Å²) in [5, 5.41) is 4.49. The van der Waals surface area contributed by atoms with Crippen LogP contribution in [0.1, 0.15) is 21.6 Å². The van der Waals surface area contributed by atoms with E-state index in [1.165, 1.54) is 36.1 Å². The van der Waals surface area contributed by atoms with Crippen molar-refractivity contribution < 1.29 is 4.74 Å². The van der Waals surface area contributed by atoms with E-state index in [1.54, 1.807) is 7.11 Å². The summed E-state index contributed by atoms with van der Waals surface area (Å²) in [6.45, 7) is 7.44. The van der Waals surface area contributed by atoms with Crippen molar-refractivity contribution in [3.8, 4) is 0 Å². The molecule has 1 atom stereocenters. The van der Waals surface area contributed by atoms with Crippen molar-refractivity contribution in [1.29, 1.82) is 0 Å². The van der Waals surface area contributed by atoms with Crippen molar-refractivity contribution in [3.63, 3.8) is 0 Å². The van der Waals surface area contributed by atoms with Crippen LogP contribution in [0.2, 0.25) is 0 Å². The van der Waals surface area contributed by atoms with Gasteiger partial charge in [0.15, 0.2) is 0 Å². The van der Waals surface area contributed by atoms with Crippen LogP contribution in [-0.4, -0.2) is 61.7 Å². The van der Waals surface area contributed by atoms with E-state index in [4.69, 9.17) is 9.72 Å². The predicted molar refractivity (Wildman–Crippen MR) is 76.3 cm³/mol. The number of ether oxygens (including phenoxy) is 1. The highest BCUT2D eigenvalue weighted by Gasteiger charge is 2.34. The lowest BCUT2D eigenvalue weighted by molar-refractivity contribution is 0.0121. The van der Waals surface area contributed by atoms with Crippen LogP contribution in [0.5, 0.6) is 0 Å². The summed E-state index contributed by atoms with van der Waals surface area (Å²) in [4.78, 5) is 11.3. The molecule has 3 saturated heterocycles. The van der Waals surface area contributed by atoms with Crippen LogP contribution in [-0.2, 0) is 17.9 Å². The van der Waals surface area contributed by atoms with Gasteiger partial charge in [-0.2, -0.15) is 0 Å². The second kappa shape index (κ2) is 5.85. The van der Waals surface area contributed by atoms with Gasteiger partial charge in [0.25, 0.3) is 0 Å². The van der Waals surface area contributed by atoms with E-state index in [2.05, 4.69) is 15.1 Å². The lowest BCUT2D eigenvalue weighted by Gasteiger charge is -2.46. The first-order valence-electron chi connectivity index (χ1n) is 6.90. The molecule has 1 aromatic rings. The Morgan fingerprint density at radius 3 is 2.74 bits per heavy atom. The lowest BCUT2D eigenvalue weighted by atomic mass is 10.1. The van der Waals surface area contributed by atoms with Gasteiger partial charge in [0.05, 0.1) is 18.3 Å². The van der Waals surface area contributed by atoms with Crippen LogP contribution in [0.25, 0.3) is 0 Å². The number of aromatic nitrogens is 1. The third-order valence-corrected chi connectivity index (χ3v) is 5.18. The standard InChI is InChI=1S/C13H22N4OS/c1-14-7-12-10(9-18-2)15-13(19-12)11-8-16-3-5-17(11)6-4-16/h11,14H,3-9H2,1-2H3. The van der Waals surface area contributed by atoms with E-state index < -0.39 is 0 Å². The van der Waals surface area contributed by atoms with Crippen LogP contribution in [0.15, 0.2) is 0 Å². The van der Waals surface area contributed by atoms with Crippen molar-refractivity contribution in [1.82, 2.24) is 20.1 Å². The lowest BCUT2D eigenvalue weighted by Crippen LogP contribution is -2.56. The fourth-order valence-electron chi connectivity index (χ4n) is 2.95. The van der Waals surface area contributed by atoms with Gasteiger partial charge in [-0.15, -0.1) is 11.3 Å². The molecule has 0 amide bonds. The Bertz CT molecular complexity index is 405. The van der Waals surface area contributed by atoms with Gasteiger partial charge in [-0.1, -0.05) is 0 Å². The maximum absolute atomic E-state index is 5.27. The van der Waals surface area contributed by atoms with E-state index in [0.29, 0.717) is 12.6 Å². The van der Waals surface area contributed by atoms with E-state index in [0.717, 1.165) is 18.8 Å². The zero-order chi connectivity index (χ0) is 13.2. The minimum atomic E-state index is 0.494. The van der Waals surface area contributed by atoms with E-state index in [-0.39, 0.29) is 0 Å². The Hall–Kier alpha value is -0.530. The van der Waals surface area contributed by atoms with Crippen LogP contribution >= 0.6 is 11.3 Å². The van der Waals surface area contributed by atoms with Gasteiger partial charge in [0.1, 0.15) is 5.01 Å². The number of nitrogens with zero attached hydrogens (tertiary/aromatic N) is 3. The molecule has 6 heteroatoms. The van der Waals surface area contributed by atoms with Crippen molar-refractivity contribution in [2.45, 2.75) is 19.2 Å². The molecule has 0 aromatic carbocycles. The summed E-state index contributed by atoms with van der Waals surface area (Å²) in [6.07, 6.45) is 0. The summed E-state index contributed by atoms with van der Waals surface area (Å²) in [5.41, 5.74) is 1.11. The fraction of sp³-hybridized carbons (Fsp3) is 0.769. The highest BCUT2D eigenvalue weighted by Crippen LogP contribution is 2.33. The molecule has 5 nitrogen and oxygen atoms in total. The topological polar surface area (TPSA) is 40.6 Å². The number of piperazine rings is 3. The van der Waals surface area contributed by atoms with Gasteiger partial charge in [0.2, 0.25) is 0 Å². The maximum atomic E-state index is 5.27. The molecule has 0 spiro atoms. The number of methoxy groups -OCH3 is 1. The highest BCUT2D eigenvalue weighted by atomic mass is 32.1. The van der Waals surface area contributed by atoms with Crippen LogP contribution in [0.4, 0.5) is 0 Å². The first kappa shape index (κ1) is 13.5. The Kier molecular flexibility index (Phi) is 4.14. The average molecular weight is 282 g/mol. The summed E-state index contributed by atoms with van der Waals surface area (Å²) in [7, 11) is 3.72. The molecule has 0 aliphatic carbocycles. The molecular formula is C13H22N4OS. The molecule has 106 valence electrons. The molecule has 0 saturated carbocycles. The maximum Gasteiger partial charge on any atom is 0.112 e. The van der Waals surface area contributed by atoms with Crippen molar-refractivity contribution in [2.24, 2.45) is 0 Å². The van der Waals surface area contributed by atoms with Crippen molar-refractivity contribution >= 4 is 11.3 Å². The molecule has 1 N–H and O–H groups in total. The zero-order valence-corrected chi connectivity index (χ0v) is 12.5. The third-order valence-electron chi connectivity index (χ3n) is 3.98. The summed E-state index contributed by atoms with van der Waals surface area (Å²) < 4.78 is 5.27. The SMILES string of the molecule is CNCc1sc(C2CN3CCN2CC3)nc1COC. The molecule has 19 heavy (non-hydrogen) atoms. The van der Waals surface area contributed by atoms with E-state index >= 15 is 0 Å². The number of nitrogens with one attached hydrogen (secondary N) is 1. The quantitative estimate of drug-likeness (QED) is 0.860. The molecule has 4 rings (SSSR count). The Balaban J connectivity index is 1.82. The number of hydrogen-bond acceptors (Lipinski definition) is 6. The van der Waals surface area contributed by atoms with E-state index in [1.807, 2.05) is 18.4 Å². The Labute approximate surface area is 118 Å². The van der Waals surface area contributed by atoms with Crippen molar-refractivity contribution in [2.75, 3.05) is 46.9 Å². The summed E-state index contributed by atoms with van der Waals surface area (Å²) in [6, 6.07) is 0.494. The molecule has 1 unspecified atom stereocenters. The highest BCUT2D eigenvalue weighted by molar-refractivity contribution is 7.11. The van der Waals surface area contributed by atoms with Gasteiger partial charge >= 0.3 is 0 Å². The Morgan fingerprint density at radius 1 is 1.37 bits per heavy atom. The number of thiazole rings is 1. The molecule has 1 aromatic heterocycles. The molecule has 4 heterocycles. The molecule has 3 aliphatic heterocycles. The average Bonchev–Trinajstić information content (AvgIpc) is 2.84. The largest absolute Gasteiger partial charge is 0.378 e. The second-order valence-electron chi connectivity index (χ2n) is 5.24. The molecular weight excluding hydrogens is 260 g/mol. The van der Waals surface area contributed by atoms with Gasteiger partial charge in [-0.3, -0.25) is 9.80 Å². The smallest absolute Gasteiger partial charge is 0.112 e. The van der Waals surface area contributed by atoms with Crippen LogP contribution in [0, 0.1) is 0 Å². The summed E-state index contributed by atoms with van der Waals surface area (Å²) >= 11 is 1.85. The monoisotopic (exact) mass is 282 g/mol. The minimum Gasteiger partial charge on any atom is -0.378 e. The number of fused-ring (bicyclic) bond motifs is 3. The van der Waals surface area contributed by atoms with E-state index in [9.17, 15) is 0 Å². The van der Waals surface area contributed by atoms with Crippen molar-refractivity contribution in [3.05, 3.63) is 15.6 Å². The van der Waals surface area contributed by atoms with Gasteiger partial charge in [-0.05, 0) is 7.05 Å². The third kappa shape index (κ3) is 2.68. The molecule has 3 fully saturated rings. The van der Waals surface area contributed by atoms with Gasteiger partial charge in [0, 0.05) is 51.3 Å².